The molecule has 3 aromatic heterocycles. The Hall–Kier alpha value is -5.40. The van der Waals surface area contributed by atoms with Crippen molar-refractivity contribution in [3.63, 3.8) is 0 Å². The van der Waals surface area contributed by atoms with Crippen LogP contribution in [0.4, 0.5) is 17.1 Å². The summed E-state index contributed by atoms with van der Waals surface area (Å²) >= 11 is 0. The van der Waals surface area contributed by atoms with E-state index in [-0.39, 0.29) is 17.1 Å². The fraction of sp³-hybridized carbons (Fsp3) is 0.520. The first-order valence-corrected chi connectivity index (χ1v) is 11.7. The van der Waals surface area contributed by atoms with Crippen LogP contribution in [-0.4, -0.2) is 74.3 Å². The van der Waals surface area contributed by atoms with Crippen molar-refractivity contribution in [2.75, 3.05) is 12.8 Å². The molecule has 0 bridgehead atoms. The minimum Gasteiger partial charge on any atom is -0.476 e. The van der Waals surface area contributed by atoms with E-state index >= 15 is 0 Å². The Balaban J connectivity index is 0.000000853. The molecule has 0 aromatic carbocycles. The highest BCUT2D eigenvalue weighted by Crippen LogP contribution is 2.25. The van der Waals surface area contributed by atoms with E-state index < -0.39 is 121 Å². The number of nitrogens with zero attached hydrogens (tertiary/aromatic N) is 8. The smallest absolute Gasteiger partial charge is 0.361 e. The number of nitro groups is 2. The lowest BCUT2D eigenvalue weighted by molar-refractivity contribution is -0.386. The Morgan fingerprint density at radius 1 is 0.756 bits per heavy atom. The molecule has 2 amide bonds. The van der Waals surface area contributed by atoms with E-state index in [1.807, 2.05) is 0 Å². The number of nitrogen functional groups attached to an aromatic ring is 1. The average Bonchev–Trinajstić information content (AvgIpc) is 3.64. The van der Waals surface area contributed by atoms with Gasteiger partial charge in [0.25, 0.3) is 11.8 Å². The zero-order chi connectivity index (χ0) is 48.1. The maximum atomic E-state index is 11.2. The summed E-state index contributed by atoms with van der Waals surface area (Å²) in [6, 6.07) is 0. The number of primary amides is 2. The molecule has 0 spiro atoms. The quantitative estimate of drug-likeness (QED) is 0.143. The van der Waals surface area contributed by atoms with Gasteiger partial charge in [0.1, 0.15) is 17.1 Å². The molecule has 45 heavy (non-hydrogen) atoms. The van der Waals surface area contributed by atoms with Gasteiger partial charge in [-0.05, 0) is 19.3 Å². The van der Waals surface area contributed by atoms with Crippen molar-refractivity contribution in [1.82, 2.24) is 29.3 Å². The third-order valence-electron chi connectivity index (χ3n) is 5.15. The molecule has 8 N–H and O–H groups in total. The molecule has 3 heterocycles. The molecule has 20 nitrogen and oxygen atoms in total. The highest BCUT2D eigenvalue weighted by atomic mass is 16.6. The number of carbonyl (C=O) groups is 3. The molecular weight excluding hydrogens is 598 g/mol. The highest BCUT2D eigenvalue weighted by Gasteiger charge is 2.31. The highest BCUT2D eigenvalue weighted by molar-refractivity contribution is 5.97. The number of hydrogen-bond donors (Lipinski definition) is 5. The molecule has 0 aliphatic rings. The van der Waals surface area contributed by atoms with Crippen molar-refractivity contribution in [2.24, 2.45) is 32.6 Å². The zero-order valence-electron chi connectivity index (χ0n) is 39.2. The van der Waals surface area contributed by atoms with Gasteiger partial charge in [-0.15, -0.1) is 0 Å². The molecule has 250 valence electrons. The minimum atomic E-state index is -3.01. The van der Waals surface area contributed by atoms with Gasteiger partial charge in [-0.3, -0.25) is 43.9 Å². The third-order valence-corrected chi connectivity index (χ3v) is 5.15. The van der Waals surface area contributed by atoms with E-state index in [0.29, 0.717) is 4.68 Å². The second kappa shape index (κ2) is 18.3. The number of anilines is 1. The van der Waals surface area contributed by atoms with Crippen LogP contribution in [0, 0.1) is 20.2 Å². The lowest BCUT2D eigenvalue weighted by Crippen LogP contribution is -2.17. The molecule has 0 saturated carbocycles. The number of hydrogen-bond acceptors (Lipinski definition) is 12. The average molecular weight is 655 g/mol. The van der Waals surface area contributed by atoms with E-state index in [1.165, 1.54) is 14.1 Å². The van der Waals surface area contributed by atoms with Gasteiger partial charge in [-0.2, -0.15) is 15.3 Å². The Bertz CT molecular complexity index is 1970. The maximum absolute atomic E-state index is 11.2. The van der Waals surface area contributed by atoms with Crippen LogP contribution < -0.4 is 17.2 Å². The van der Waals surface area contributed by atoms with Gasteiger partial charge < -0.3 is 27.4 Å². The lowest BCUT2D eigenvalue weighted by atomic mass is 10.2. The van der Waals surface area contributed by atoms with E-state index in [2.05, 4.69) is 15.3 Å². The Labute approximate surface area is 279 Å². The molecular formula is C25H41N11O9. The summed E-state index contributed by atoms with van der Waals surface area (Å²) in [6.07, 6.45) is -10.2. The van der Waals surface area contributed by atoms with Gasteiger partial charge in [0.2, 0.25) is 11.4 Å². The molecule has 3 aromatic rings. The van der Waals surface area contributed by atoms with Gasteiger partial charge in [0, 0.05) is 48.8 Å². The van der Waals surface area contributed by atoms with Crippen LogP contribution in [0.3, 0.4) is 0 Å². The van der Waals surface area contributed by atoms with Gasteiger partial charge >= 0.3 is 17.3 Å². The number of rotatable bonds is 11. The molecule has 0 fully saturated rings. The van der Waals surface area contributed by atoms with Crippen molar-refractivity contribution >= 4 is 34.8 Å². The van der Waals surface area contributed by atoms with Crippen molar-refractivity contribution in [1.29, 1.82) is 0 Å². The number of nitrogens with two attached hydrogens (primary N) is 3. The Kier molecular flexibility index (Phi) is 8.35. The molecule has 0 unspecified atom stereocenters. The topological polar surface area (TPSA) is 309 Å². The SMILES string of the molecule is CO.[2H]C([2H])([2H])C([2H])([2H])Cc1nn(C)c(C(=O)O)c1[N+](=O)[O-].[2H]C([2H])([2H])C([2H])([2H])Cc1nn(C)c(C(N)=O)c1N.[2H]C([2H])([2H])C([2H])([2H])Cc1nn(C)c(C(N)=O)c1[N+](=O)[O-]. The van der Waals surface area contributed by atoms with Crippen LogP contribution >= 0.6 is 0 Å². The van der Waals surface area contributed by atoms with Gasteiger partial charge in [-0.1, -0.05) is 39.7 Å². The number of carbonyl (C=O) groups excluding carboxylic acids is 2. The van der Waals surface area contributed by atoms with E-state index in [9.17, 15) is 34.6 Å². The van der Waals surface area contributed by atoms with Crippen molar-refractivity contribution in [3.8, 4) is 0 Å². The number of aromatic carboxylic acids is 1. The summed E-state index contributed by atoms with van der Waals surface area (Å²) in [4.78, 5) is 53.2. The number of aliphatic hydroxyl groups excluding tert-OH is 1. The summed E-state index contributed by atoms with van der Waals surface area (Å²) in [7, 11) is 4.79. The summed E-state index contributed by atoms with van der Waals surface area (Å²) in [5.74, 6) is -3.51. The standard InChI is InChI=1S/C8H12N4O3.C8H14N4O.C8H11N3O4.CH4O/c1-3-4-5-6(12(14)15)7(8(9)13)11(2)10-5;1-3-4-5-6(9)7(8(10)13)12(2)11-5;1-3-4-5-6(11(14)15)7(8(12)13)10(2)9-5;1-2/h3-4H2,1-2H3,(H2,9,13);3-4,9H2,1-2H3,(H2,10,13);3-4H2,1-2H3,(H,12,13);2H,1H3/i3*1D3,3D2;. The van der Waals surface area contributed by atoms with E-state index in [4.69, 9.17) is 48.0 Å². The number of aliphatic hydroxyl groups is 1. The first kappa shape index (κ1) is 20.5. The lowest BCUT2D eigenvalue weighted by Gasteiger charge is -1.96. The monoisotopic (exact) mass is 654 g/mol. The molecule has 3 rings (SSSR count). The Morgan fingerprint density at radius 2 is 1.09 bits per heavy atom. The fourth-order valence-corrected chi connectivity index (χ4v) is 3.54. The fourth-order valence-electron chi connectivity index (χ4n) is 3.54. The van der Waals surface area contributed by atoms with Gasteiger partial charge in [0.15, 0.2) is 0 Å². The minimum absolute atomic E-state index is 0.00688. The number of amides is 2. The van der Waals surface area contributed by atoms with Crippen LogP contribution in [0.5, 0.6) is 0 Å². The molecule has 0 saturated heterocycles. The molecule has 0 radical (unpaired) electrons. The normalized spacial score (nSPS) is 16.7. The second-order valence-corrected chi connectivity index (χ2v) is 7.98. The van der Waals surface area contributed by atoms with E-state index in [0.717, 1.165) is 23.5 Å². The molecule has 0 atom stereocenters. The van der Waals surface area contributed by atoms with E-state index in [1.54, 1.807) is 0 Å². The van der Waals surface area contributed by atoms with Crippen LogP contribution in [-0.2, 0) is 40.4 Å². The number of aromatic nitrogens is 6. The Morgan fingerprint density at radius 3 is 1.42 bits per heavy atom. The summed E-state index contributed by atoms with van der Waals surface area (Å²) < 4.78 is 111. The van der Waals surface area contributed by atoms with Crippen molar-refractivity contribution in [3.05, 3.63) is 54.4 Å². The van der Waals surface area contributed by atoms with Crippen molar-refractivity contribution in [2.45, 2.75) is 58.9 Å². The van der Waals surface area contributed by atoms with Gasteiger partial charge in [0.05, 0.1) is 21.2 Å². The summed E-state index contributed by atoms with van der Waals surface area (Å²) in [5.41, 5.74) is 11.7. The summed E-state index contributed by atoms with van der Waals surface area (Å²) in [5, 5.41) is 48.8. The predicted molar refractivity (Wildman–Crippen MR) is 161 cm³/mol. The number of aryl methyl sites for hydroxylation is 6. The predicted octanol–water partition coefficient (Wildman–Crippen LogP) is 1.02. The summed E-state index contributed by atoms with van der Waals surface area (Å²) in [6.45, 7) is -8.79. The molecule has 0 aliphatic heterocycles. The first-order valence-electron chi connectivity index (χ1n) is 19.2. The number of carboxylic acids is 1. The third kappa shape index (κ3) is 10.1. The van der Waals surface area contributed by atoms with Gasteiger partial charge in [-0.25, -0.2) is 4.79 Å². The van der Waals surface area contributed by atoms with Crippen LogP contribution in [0.1, 0.15) is 109 Å². The molecule has 0 aliphatic carbocycles. The van der Waals surface area contributed by atoms with Crippen molar-refractivity contribution < 1.29 is 55.0 Å². The van der Waals surface area contributed by atoms with Crippen LogP contribution in [0.15, 0.2) is 0 Å². The zero-order valence-corrected chi connectivity index (χ0v) is 24.2. The first-order chi connectivity index (χ1) is 26.7. The van der Waals surface area contributed by atoms with Crippen LogP contribution in [0.25, 0.3) is 0 Å². The maximum Gasteiger partial charge on any atom is 0.361 e. The van der Waals surface area contributed by atoms with Crippen LogP contribution in [0.2, 0.25) is 0 Å². The molecule has 20 heteroatoms. The largest absolute Gasteiger partial charge is 0.476 e. The number of carboxylic acid groups (broad SMARTS) is 1. The second-order valence-electron chi connectivity index (χ2n) is 7.98.